The van der Waals surface area contributed by atoms with Gasteiger partial charge in [0, 0.05) is 0 Å². The third-order valence-electron chi connectivity index (χ3n) is 5.00. The van der Waals surface area contributed by atoms with E-state index >= 15 is 0 Å². The molecule has 2 heteroatoms. The van der Waals surface area contributed by atoms with Crippen molar-refractivity contribution in [3.63, 3.8) is 0 Å². The Morgan fingerprint density at radius 1 is 0.867 bits per heavy atom. The van der Waals surface area contributed by atoms with Gasteiger partial charge in [-0.2, -0.15) is 25.0 Å². The molecule has 158 valence electrons. The SMILES string of the molecule is CC1=[C-]C(C)C(C)=C1C.[CH2-]C.[CH2-]C.[Si]=[Zr].c1ccc(-c2c[cH-]c3ccccc23)cc1. The zero-order valence-corrected chi connectivity index (χ0v) is 22.8. The fourth-order valence-corrected chi connectivity index (χ4v) is 3.18. The Balaban J connectivity index is 0.000000484. The minimum absolute atomic E-state index is 0.560. The first-order valence-corrected chi connectivity index (χ1v) is 14.4. The maximum Gasteiger partial charge on any atom is -0.0623 e. The summed E-state index contributed by atoms with van der Waals surface area (Å²) in [6.07, 6.45) is 3.36. The molecule has 0 heterocycles. The summed E-state index contributed by atoms with van der Waals surface area (Å²) in [6, 6.07) is 23.4. The topological polar surface area (TPSA) is 0 Å². The maximum absolute atomic E-state index is 3.36. The average molecular weight is 490 g/mol. The van der Waals surface area contributed by atoms with Gasteiger partial charge in [0.05, 0.1) is 0 Å². The van der Waals surface area contributed by atoms with Crippen LogP contribution in [0.5, 0.6) is 0 Å². The minimum Gasteiger partial charge on any atom is -0.150 e. The average Bonchev–Trinajstić information content (AvgIpc) is 3.35. The molecule has 1 atom stereocenters. The molecule has 0 spiro atoms. The first-order valence-electron chi connectivity index (χ1n) is 10.2. The van der Waals surface area contributed by atoms with Crippen LogP contribution in [0.4, 0.5) is 0 Å². The summed E-state index contributed by atoms with van der Waals surface area (Å²) in [5.41, 5.74) is 6.86. The molecule has 0 nitrogen and oxygen atoms in total. The van der Waals surface area contributed by atoms with Gasteiger partial charge < -0.3 is 13.8 Å². The standard InChI is InChI=1S/C15H11.C9H13.2C2H5.Si.Zr/c1-2-6-12(7-3-1)15-11-10-13-8-4-5-9-14(13)15;1-6-5-7(2)9(4)8(6)3;2*1-2;;/h1-11H;6H,1-4H3;2*1H2,2H3;;/q4*-1;;. The Labute approximate surface area is 202 Å². The van der Waals surface area contributed by atoms with Gasteiger partial charge in [0.15, 0.2) is 0 Å². The summed E-state index contributed by atoms with van der Waals surface area (Å²) in [5.74, 6) is 0.560. The van der Waals surface area contributed by atoms with Crippen LogP contribution >= 0.6 is 0 Å². The Kier molecular flexibility index (Phi) is 15.6. The minimum atomic E-state index is 0.560. The van der Waals surface area contributed by atoms with Crippen LogP contribution in [0.15, 0.2) is 83.4 Å². The predicted octanol–water partition coefficient (Wildman–Crippen LogP) is 8.25. The third kappa shape index (κ3) is 8.05. The molecule has 0 bridgehead atoms. The van der Waals surface area contributed by atoms with Crippen LogP contribution in [0.1, 0.15) is 41.5 Å². The van der Waals surface area contributed by atoms with E-state index in [-0.39, 0.29) is 0 Å². The summed E-state index contributed by atoms with van der Waals surface area (Å²) in [4.78, 5) is 0. The molecule has 1 aliphatic carbocycles. The van der Waals surface area contributed by atoms with Crippen LogP contribution in [0.2, 0.25) is 0 Å². The largest absolute Gasteiger partial charge is 0.150 e. The first kappa shape index (κ1) is 28.6. The zero-order valence-electron chi connectivity index (χ0n) is 19.3. The van der Waals surface area contributed by atoms with Gasteiger partial charge in [-0.1, -0.05) is 68.7 Å². The van der Waals surface area contributed by atoms with Gasteiger partial charge in [0.1, 0.15) is 0 Å². The summed E-state index contributed by atoms with van der Waals surface area (Å²) in [5, 5.41) is 2.65. The number of hydrogen-bond donors (Lipinski definition) is 0. The van der Waals surface area contributed by atoms with Gasteiger partial charge in [0.2, 0.25) is 0 Å². The van der Waals surface area contributed by atoms with E-state index in [0.717, 1.165) is 0 Å². The molecule has 0 amide bonds. The van der Waals surface area contributed by atoms with Gasteiger partial charge in [0.25, 0.3) is 0 Å². The molecule has 3 aromatic rings. The van der Waals surface area contributed by atoms with Crippen molar-refractivity contribution in [2.24, 2.45) is 5.92 Å². The summed E-state index contributed by atoms with van der Waals surface area (Å²) in [6.45, 7) is 21.7. The quantitative estimate of drug-likeness (QED) is 0.238. The van der Waals surface area contributed by atoms with Crippen molar-refractivity contribution in [1.29, 1.82) is 0 Å². The Morgan fingerprint density at radius 2 is 1.40 bits per heavy atom. The van der Waals surface area contributed by atoms with Crippen LogP contribution in [-0.2, 0) is 23.3 Å². The van der Waals surface area contributed by atoms with Crippen LogP contribution in [0, 0.1) is 25.8 Å². The first-order chi connectivity index (χ1) is 14.6. The molecule has 30 heavy (non-hydrogen) atoms. The fourth-order valence-electron chi connectivity index (χ4n) is 3.18. The molecular weight excluding hydrogens is 456 g/mol. The molecule has 2 radical (unpaired) electrons. The van der Waals surface area contributed by atoms with Crippen LogP contribution in [0.3, 0.4) is 0 Å². The van der Waals surface area contributed by atoms with Gasteiger partial charge in [-0.15, -0.1) is 53.6 Å². The van der Waals surface area contributed by atoms with Crippen molar-refractivity contribution in [3.8, 4) is 11.1 Å². The van der Waals surface area contributed by atoms with Crippen molar-refractivity contribution < 1.29 is 23.3 Å². The van der Waals surface area contributed by atoms with Crippen molar-refractivity contribution in [3.05, 3.63) is 103 Å². The predicted molar refractivity (Wildman–Crippen MR) is 133 cm³/mol. The number of fused-ring (bicyclic) bond motifs is 1. The third-order valence-corrected chi connectivity index (χ3v) is 5.00. The summed E-state index contributed by atoms with van der Waals surface area (Å²) >= 11 is 1.36. The maximum atomic E-state index is 3.36. The van der Waals surface area contributed by atoms with Gasteiger partial charge in [-0.3, -0.25) is 6.08 Å². The van der Waals surface area contributed by atoms with Crippen molar-refractivity contribution in [1.82, 2.24) is 0 Å². The number of rotatable bonds is 1. The van der Waals surface area contributed by atoms with Crippen LogP contribution in [0.25, 0.3) is 21.9 Å². The van der Waals surface area contributed by atoms with Crippen molar-refractivity contribution in [2.75, 3.05) is 0 Å². The number of hydrogen-bond acceptors (Lipinski definition) is 0. The zero-order chi connectivity index (χ0) is 23.1. The second-order valence-electron chi connectivity index (χ2n) is 6.50. The smallest absolute Gasteiger partial charge is 0.0623 e. The molecule has 0 N–H and O–H groups in total. The Morgan fingerprint density at radius 3 is 1.87 bits per heavy atom. The number of allylic oxidation sites excluding steroid dienone is 4. The molecule has 3 aromatic carbocycles. The summed E-state index contributed by atoms with van der Waals surface area (Å²) in [7, 11) is 0. The molecular formula is C28H34SiZr-4. The van der Waals surface area contributed by atoms with E-state index in [4.69, 9.17) is 0 Å². The molecule has 1 aliphatic rings. The van der Waals surface area contributed by atoms with Crippen LogP contribution < -0.4 is 0 Å². The van der Waals surface area contributed by atoms with E-state index in [2.05, 4.69) is 121 Å². The molecule has 0 aliphatic heterocycles. The Bertz CT molecular complexity index is 916. The van der Waals surface area contributed by atoms with Crippen molar-refractivity contribution >= 4 is 17.7 Å². The van der Waals surface area contributed by atoms with E-state index in [1.165, 1.54) is 62.0 Å². The molecule has 0 aromatic heterocycles. The fraction of sp³-hybridized carbons (Fsp3) is 0.250. The van der Waals surface area contributed by atoms with Crippen molar-refractivity contribution in [2.45, 2.75) is 41.5 Å². The number of benzene rings is 2. The van der Waals surface area contributed by atoms with E-state index in [1.54, 1.807) is 13.8 Å². The van der Waals surface area contributed by atoms with Gasteiger partial charge in [-0.05, 0) is 0 Å². The van der Waals surface area contributed by atoms with Crippen LogP contribution in [-0.4, -0.2) is 6.88 Å². The van der Waals surface area contributed by atoms with E-state index in [9.17, 15) is 0 Å². The molecule has 0 fully saturated rings. The monoisotopic (exact) mass is 488 g/mol. The van der Waals surface area contributed by atoms with E-state index in [0.29, 0.717) is 5.92 Å². The molecule has 0 saturated carbocycles. The Hall–Kier alpha value is -1.37. The van der Waals surface area contributed by atoms with E-state index in [1.807, 2.05) is 0 Å². The molecule has 4 rings (SSSR count). The second kappa shape index (κ2) is 16.3. The second-order valence-corrected chi connectivity index (χ2v) is 6.50. The van der Waals surface area contributed by atoms with Gasteiger partial charge >= 0.3 is 30.2 Å². The van der Waals surface area contributed by atoms with Gasteiger partial charge in [-0.25, -0.2) is 5.57 Å². The normalized spacial score (nSPS) is 14.0. The van der Waals surface area contributed by atoms with E-state index < -0.39 is 0 Å². The molecule has 0 saturated heterocycles. The summed E-state index contributed by atoms with van der Waals surface area (Å²) < 4.78 is 0. The molecule has 1 unspecified atom stereocenters.